The Hall–Kier alpha value is -3.70. The third-order valence-electron chi connectivity index (χ3n) is 5.89. The second-order valence-corrected chi connectivity index (χ2v) is 9.71. The molecule has 1 radical (unpaired) electrons. The Kier molecular flexibility index (Phi) is 7.24. The van der Waals surface area contributed by atoms with E-state index < -0.39 is 0 Å². The van der Waals surface area contributed by atoms with Crippen LogP contribution >= 0.6 is 11.3 Å². The molecule has 7 aromatic rings. The summed E-state index contributed by atoms with van der Waals surface area (Å²) in [5.41, 5.74) is 6.23. The molecule has 0 amide bonds. The van der Waals surface area contributed by atoms with Gasteiger partial charge in [-0.05, 0) is 55.3 Å². The number of pyridine rings is 3. The van der Waals surface area contributed by atoms with Crippen molar-refractivity contribution in [2.24, 2.45) is 0 Å². The number of hydrogen-bond donors (Lipinski definition) is 0. The molecule has 183 valence electrons. The fourth-order valence-electron chi connectivity index (χ4n) is 4.25. The molecule has 5 aromatic heterocycles. The minimum Gasteiger partial charge on any atom is -0.486 e. The van der Waals surface area contributed by atoms with Gasteiger partial charge in [0, 0.05) is 58.9 Å². The molecule has 37 heavy (non-hydrogen) atoms. The van der Waals surface area contributed by atoms with E-state index in [1.807, 2.05) is 73.8 Å². The van der Waals surface area contributed by atoms with Crippen LogP contribution in [-0.2, 0) is 20.1 Å². The largest absolute Gasteiger partial charge is 0.486 e. The van der Waals surface area contributed by atoms with E-state index in [1.165, 1.54) is 9.58 Å². The van der Waals surface area contributed by atoms with Gasteiger partial charge < -0.3 is 14.4 Å². The second-order valence-electron chi connectivity index (χ2n) is 8.42. The molecule has 2 aromatic carbocycles. The van der Waals surface area contributed by atoms with Crippen LogP contribution < -0.4 is 0 Å². The summed E-state index contributed by atoms with van der Waals surface area (Å²) in [5.74, 6) is 0. The number of hydrogen-bond acceptors (Lipinski definition) is 5. The van der Waals surface area contributed by atoms with Crippen molar-refractivity contribution < 1.29 is 24.5 Å². The molecule has 7 rings (SSSR count). The number of nitrogens with zero attached hydrogens (tertiary/aromatic N) is 3. The normalized spacial score (nSPS) is 10.8. The van der Waals surface area contributed by atoms with E-state index in [4.69, 9.17) is 4.42 Å². The predicted octanol–water partition coefficient (Wildman–Crippen LogP) is 8.22. The van der Waals surface area contributed by atoms with Gasteiger partial charge in [0.05, 0.1) is 5.58 Å². The maximum Gasteiger partial charge on any atom is 0.216 e. The zero-order valence-electron chi connectivity index (χ0n) is 20.2. The van der Waals surface area contributed by atoms with Crippen molar-refractivity contribution in [2.75, 3.05) is 0 Å². The van der Waals surface area contributed by atoms with Crippen molar-refractivity contribution in [3.8, 4) is 22.5 Å². The molecular weight excluding hydrogens is 655 g/mol. The van der Waals surface area contributed by atoms with Gasteiger partial charge in [-0.3, -0.25) is 0 Å². The van der Waals surface area contributed by atoms with Crippen LogP contribution in [0.1, 0.15) is 10.6 Å². The number of aryl methyl sites for hydroxylation is 2. The molecule has 0 saturated carbocycles. The summed E-state index contributed by atoms with van der Waals surface area (Å²) in [6.45, 7) is 4.09. The van der Waals surface area contributed by atoms with Crippen LogP contribution in [0.4, 0.5) is 0 Å². The molecule has 0 bridgehead atoms. The van der Waals surface area contributed by atoms with Crippen molar-refractivity contribution in [1.29, 1.82) is 0 Å². The number of thiophene rings is 1. The number of benzene rings is 2. The van der Waals surface area contributed by atoms with E-state index in [1.54, 1.807) is 17.5 Å². The van der Waals surface area contributed by atoms with Crippen LogP contribution in [0.3, 0.4) is 0 Å². The van der Waals surface area contributed by atoms with Crippen molar-refractivity contribution in [3.05, 3.63) is 114 Å². The topological polar surface area (TPSA) is 51.8 Å². The molecule has 0 aliphatic heterocycles. The maximum absolute atomic E-state index is 6.10. The van der Waals surface area contributed by atoms with Gasteiger partial charge in [-0.15, -0.1) is 65.4 Å². The van der Waals surface area contributed by atoms with E-state index >= 15 is 0 Å². The Morgan fingerprint density at radius 3 is 2.49 bits per heavy atom. The summed E-state index contributed by atoms with van der Waals surface area (Å²) < 4.78 is 7.33. The number of rotatable bonds is 2. The number of fused-ring (bicyclic) bond motifs is 4. The van der Waals surface area contributed by atoms with Gasteiger partial charge in [0.1, 0.15) is 0 Å². The van der Waals surface area contributed by atoms with Crippen molar-refractivity contribution in [2.45, 2.75) is 13.8 Å². The third kappa shape index (κ3) is 4.96. The summed E-state index contributed by atoms with van der Waals surface area (Å²) in [4.78, 5) is 14.6. The van der Waals surface area contributed by atoms with E-state index in [0.29, 0.717) is 5.71 Å². The molecule has 0 unspecified atom stereocenters. The van der Waals surface area contributed by atoms with Crippen LogP contribution in [0.5, 0.6) is 0 Å². The smallest absolute Gasteiger partial charge is 0.216 e. The molecule has 0 N–H and O–H groups in total. The molecule has 5 heterocycles. The monoisotopic (exact) mass is 676 g/mol. The first-order chi connectivity index (χ1) is 17.7. The van der Waals surface area contributed by atoms with E-state index in [2.05, 4.69) is 52.2 Å². The third-order valence-corrected chi connectivity index (χ3v) is 6.91. The van der Waals surface area contributed by atoms with Crippen LogP contribution in [0.2, 0.25) is 0 Å². The quantitative estimate of drug-likeness (QED) is 0.173. The summed E-state index contributed by atoms with van der Waals surface area (Å²) in [6.07, 6.45) is 3.64. The van der Waals surface area contributed by atoms with Crippen molar-refractivity contribution in [3.63, 3.8) is 0 Å². The van der Waals surface area contributed by atoms with Crippen LogP contribution in [0, 0.1) is 26.0 Å². The summed E-state index contributed by atoms with van der Waals surface area (Å²) in [7, 11) is 0. The summed E-state index contributed by atoms with van der Waals surface area (Å²) in [5, 5.41) is 3.23. The fourth-order valence-corrected chi connectivity index (χ4v) is 5.17. The first kappa shape index (κ1) is 25.0. The Morgan fingerprint density at radius 2 is 1.68 bits per heavy atom. The maximum atomic E-state index is 6.10. The van der Waals surface area contributed by atoms with Gasteiger partial charge in [-0.25, -0.2) is 4.98 Å². The predicted molar refractivity (Wildman–Crippen MR) is 147 cm³/mol. The Labute approximate surface area is 232 Å². The Bertz CT molecular complexity index is 1770. The Morgan fingerprint density at radius 1 is 0.784 bits per heavy atom. The molecule has 0 aliphatic carbocycles. The van der Waals surface area contributed by atoms with Gasteiger partial charge in [-0.1, -0.05) is 23.1 Å². The van der Waals surface area contributed by atoms with E-state index in [-0.39, 0.29) is 20.1 Å². The summed E-state index contributed by atoms with van der Waals surface area (Å²) in [6, 6.07) is 32.4. The molecule has 0 saturated heterocycles. The summed E-state index contributed by atoms with van der Waals surface area (Å²) >= 11 is 1.78. The molecule has 0 spiro atoms. The molecule has 4 nitrogen and oxygen atoms in total. The Balaban J connectivity index is 0.000000183. The minimum absolute atomic E-state index is 0. The van der Waals surface area contributed by atoms with E-state index in [0.717, 1.165) is 50.0 Å². The van der Waals surface area contributed by atoms with Crippen LogP contribution in [0.25, 0.3) is 54.7 Å². The van der Waals surface area contributed by atoms with Crippen molar-refractivity contribution in [1.82, 2.24) is 15.0 Å². The molecule has 0 atom stereocenters. The first-order valence-electron chi connectivity index (χ1n) is 11.6. The van der Waals surface area contributed by atoms with Crippen LogP contribution in [-0.4, -0.2) is 15.0 Å². The minimum atomic E-state index is 0. The molecule has 6 heteroatoms. The number of furan rings is 1. The molecule has 0 fully saturated rings. The SMILES string of the molecule is Cc1ccc2c(n1)oc1c(-c3nccc4sc(C)cc34)[c-]ccc12.[Ir].[c-]1ccccc1-c1ccccn1. The fraction of sp³-hybridized carbons (Fsp3) is 0.0645. The van der Waals surface area contributed by atoms with Crippen LogP contribution in [0.15, 0.2) is 95.7 Å². The molecular formula is C31H21IrN3OS-2. The van der Waals surface area contributed by atoms with Crippen molar-refractivity contribution >= 4 is 43.5 Å². The zero-order chi connectivity index (χ0) is 24.5. The average molecular weight is 676 g/mol. The first-order valence-corrected chi connectivity index (χ1v) is 12.4. The standard InChI is InChI=1S/C20H13N2OS.C11H8N.Ir/c1-11-6-7-14-13-4-3-5-15(19(13)23-20(14)22-11)18-16-10-12(2)24-17(16)8-9-21-18;1-2-6-10(7-3-1)11-8-4-5-9-12-11;/h3-4,6-10H,1-2H3;1-6,8-9H;/q2*-1;. The van der Waals surface area contributed by atoms with Gasteiger partial charge in [0.2, 0.25) is 5.71 Å². The van der Waals surface area contributed by atoms with Gasteiger partial charge in [0.15, 0.2) is 0 Å². The average Bonchev–Trinajstić information content (AvgIpc) is 3.49. The second kappa shape index (κ2) is 10.7. The zero-order valence-corrected chi connectivity index (χ0v) is 23.4. The van der Waals surface area contributed by atoms with Gasteiger partial charge in [0.25, 0.3) is 0 Å². The van der Waals surface area contributed by atoms with Gasteiger partial charge in [-0.2, -0.15) is 0 Å². The number of aromatic nitrogens is 3. The van der Waals surface area contributed by atoms with Gasteiger partial charge >= 0.3 is 0 Å². The van der Waals surface area contributed by atoms with E-state index in [9.17, 15) is 0 Å². The molecule has 0 aliphatic rings.